The fraction of sp³-hybridized carbons (Fsp3) is 0.438. The quantitative estimate of drug-likeness (QED) is 0.756. The van der Waals surface area contributed by atoms with Gasteiger partial charge in [0, 0.05) is 6.26 Å². The van der Waals surface area contributed by atoms with Crippen LogP contribution in [0.2, 0.25) is 0 Å². The minimum absolute atomic E-state index is 0.0576. The van der Waals surface area contributed by atoms with Gasteiger partial charge in [-0.1, -0.05) is 37.1 Å². The fourth-order valence-corrected chi connectivity index (χ4v) is 2.53. The highest BCUT2D eigenvalue weighted by Crippen LogP contribution is 2.21. The van der Waals surface area contributed by atoms with E-state index in [1.165, 1.54) is 0 Å². The van der Waals surface area contributed by atoms with E-state index in [0.29, 0.717) is 12.2 Å². The molecule has 2 rings (SSSR count). The highest BCUT2D eigenvalue weighted by atomic mass is 32.2. The first-order chi connectivity index (χ1) is 11.8. The number of nitrogens with zero attached hydrogens (tertiary/aromatic N) is 2. The average Bonchev–Trinajstić information content (AvgIpc) is 3.03. The number of aromatic nitrogens is 2. The first kappa shape index (κ1) is 18.9. The van der Waals surface area contributed by atoms with Gasteiger partial charge in [0.05, 0.1) is 0 Å². The molecule has 0 saturated carbocycles. The summed E-state index contributed by atoms with van der Waals surface area (Å²) < 4.78 is 33.5. The lowest BCUT2D eigenvalue weighted by molar-refractivity contribution is -0.124. The summed E-state index contributed by atoms with van der Waals surface area (Å²) in [6, 6.07) is 8.36. The lowest BCUT2D eigenvalue weighted by Crippen LogP contribution is -2.33. The smallest absolute Gasteiger partial charge is 0.335 e. The standard InChI is InChI=1S/C16H21N3O5S/c1-11(2)9-13(15-18-19-16(24-15)25(3,21)22)17-14(20)10-23-12-7-5-4-6-8-12/h4-8,11,13H,9-10H2,1-3H3,(H,17,20)/t13-/m0/s1. The van der Waals surface area contributed by atoms with Gasteiger partial charge in [0.1, 0.15) is 11.8 Å². The Labute approximate surface area is 146 Å². The molecule has 1 heterocycles. The van der Waals surface area contributed by atoms with E-state index in [4.69, 9.17) is 9.15 Å². The molecule has 1 atom stereocenters. The molecule has 0 spiro atoms. The van der Waals surface area contributed by atoms with Gasteiger partial charge in [-0.3, -0.25) is 4.79 Å². The number of nitrogens with one attached hydrogen (secondary N) is 1. The zero-order chi connectivity index (χ0) is 18.4. The van der Waals surface area contributed by atoms with Gasteiger partial charge in [0.25, 0.3) is 5.91 Å². The average molecular weight is 367 g/mol. The van der Waals surface area contributed by atoms with Crippen molar-refractivity contribution < 1.29 is 22.4 Å². The molecule has 1 N–H and O–H groups in total. The number of hydrogen-bond acceptors (Lipinski definition) is 7. The summed E-state index contributed by atoms with van der Waals surface area (Å²) in [5, 5.41) is 9.56. The molecule has 25 heavy (non-hydrogen) atoms. The monoisotopic (exact) mass is 367 g/mol. The summed E-state index contributed by atoms with van der Waals surface area (Å²) in [5.41, 5.74) is 0. The van der Waals surface area contributed by atoms with Crippen molar-refractivity contribution in [2.24, 2.45) is 5.92 Å². The lowest BCUT2D eigenvalue weighted by atomic mass is 10.0. The van der Waals surface area contributed by atoms with Crippen LogP contribution >= 0.6 is 0 Å². The number of carbonyl (C=O) groups is 1. The first-order valence-electron chi connectivity index (χ1n) is 7.76. The van der Waals surface area contributed by atoms with Crippen LogP contribution in [0.25, 0.3) is 0 Å². The van der Waals surface area contributed by atoms with Gasteiger partial charge in [-0.25, -0.2) is 8.42 Å². The maximum Gasteiger partial charge on any atom is 0.335 e. The Morgan fingerprint density at radius 1 is 1.24 bits per heavy atom. The SMILES string of the molecule is CC(C)C[C@H](NC(=O)COc1ccccc1)c1nnc(S(C)(=O)=O)o1. The Morgan fingerprint density at radius 2 is 1.92 bits per heavy atom. The molecule has 2 aromatic rings. The Morgan fingerprint density at radius 3 is 2.48 bits per heavy atom. The second kappa shape index (κ2) is 8.11. The summed E-state index contributed by atoms with van der Waals surface area (Å²) >= 11 is 0. The summed E-state index contributed by atoms with van der Waals surface area (Å²) in [6.07, 6.45) is 1.50. The van der Waals surface area contributed by atoms with Crippen LogP contribution in [0.3, 0.4) is 0 Å². The molecule has 0 aliphatic carbocycles. The van der Waals surface area contributed by atoms with Gasteiger partial charge >= 0.3 is 5.22 Å². The van der Waals surface area contributed by atoms with Crippen molar-refractivity contribution in [3.8, 4) is 5.75 Å². The molecule has 8 nitrogen and oxygen atoms in total. The molecule has 0 saturated heterocycles. The molecule has 0 radical (unpaired) electrons. The second-order valence-corrected chi connectivity index (χ2v) is 7.92. The van der Waals surface area contributed by atoms with Crippen molar-refractivity contribution in [1.82, 2.24) is 15.5 Å². The summed E-state index contributed by atoms with van der Waals surface area (Å²) in [6.45, 7) is 3.76. The summed E-state index contributed by atoms with van der Waals surface area (Å²) in [7, 11) is -3.60. The number of rotatable bonds is 8. The molecular weight excluding hydrogens is 346 g/mol. The van der Waals surface area contributed by atoms with Crippen LogP contribution in [-0.2, 0) is 14.6 Å². The van der Waals surface area contributed by atoms with Crippen LogP contribution in [0.5, 0.6) is 5.75 Å². The molecule has 9 heteroatoms. The van der Waals surface area contributed by atoms with Crippen molar-refractivity contribution in [1.29, 1.82) is 0 Å². The van der Waals surface area contributed by atoms with Crippen molar-refractivity contribution in [3.05, 3.63) is 36.2 Å². The van der Waals surface area contributed by atoms with Gasteiger partial charge in [-0.15, -0.1) is 5.10 Å². The number of hydrogen-bond donors (Lipinski definition) is 1. The fourth-order valence-electron chi connectivity index (χ4n) is 2.11. The molecule has 1 amide bonds. The highest BCUT2D eigenvalue weighted by molar-refractivity contribution is 7.90. The van der Waals surface area contributed by atoms with Crippen LogP contribution in [0.1, 0.15) is 32.2 Å². The molecule has 0 unspecified atom stereocenters. The third-order valence-corrected chi connectivity index (χ3v) is 3.99. The van der Waals surface area contributed by atoms with Crippen molar-refractivity contribution in [2.45, 2.75) is 31.5 Å². The normalized spacial score (nSPS) is 12.8. The van der Waals surface area contributed by atoms with E-state index >= 15 is 0 Å². The van der Waals surface area contributed by atoms with Crippen molar-refractivity contribution >= 4 is 15.7 Å². The molecule has 136 valence electrons. The van der Waals surface area contributed by atoms with Gasteiger partial charge in [-0.05, 0) is 24.5 Å². The summed E-state index contributed by atoms with van der Waals surface area (Å²) in [4.78, 5) is 12.1. The maximum absolute atomic E-state index is 12.1. The van der Waals surface area contributed by atoms with Gasteiger partial charge < -0.3 is 14.5 Å². The topological polar surface area (TPSA) is 111 Å². The molecule has 0 aliphatic heterocycles. The minimum Gasteiger partial charge on any atom is -0.484 e. The Bertz CT molecular complexity index is 802. The Balaban J connectivity index is 2.04. The number of para-hydroxylation sites is 1. The number of ether oxygens (including phenoxy) is 1. The molecule has 0 bridgehead atoms. The largest absolute Gasteiger partial charge is 0.484 e. The van der Waals surface area contributed by atoms with E-state index in [9.17, 15) is 13.2 Å². The molecule has 0 aliphatic rings. The minimum atomic E-state index is -3.60. The molecule has 0 fully saturated rings. The Kier molecular flexibility index (Phi) is 6.13. The van der Waals surface area contributed by atoms with E-state index in [2.05, 4.69) is 15.5 Å². The lowest BCUT2D eigenvalue weighted by Gasteiger charge is -2.17. The van der Waals surface area contributed by atoms with Crippen LogP contribution < -0.4 is 10.1 Å². The van der Waals surface area contributed by atoms with Gasteiger partial charge in [0.15, 0.2) is 6.61 Å². The first-order valence-corrected chi connectivity index (χ1v) is 9.65. The second-order valence-electron chi connectivity index (χ2n) is 6.03. The maximum atomic E-state index is 12.1. The summed E-state index contributed by atoms with van der Waals surface area (Å²) in [5.74, 6) is 0.486. The highest BCUT2D eigenvalue weighted by Gasteiger charge is 2.25. The Hall–Kier alpha value is -2.42. The van der Waals surface area contributed by atoms with Crippen molar-refractivity contribution in [3.63, 3.8) is 0 Å². The van der Waals surface area contributed by atoms with Crippen LogP contribution in [0.4, 0.5) is 0 Å². The van der Waals surface area contributed by atoms with Crippen LogP contribution in [0.15, 0.2) is 40.0 Å². The molecule has 1 aromatic heterocycles. The van der Waals surface area contributed by atoms with Crippen LogP contribution in [-0.4, -0.2) is 37.4 Å². The predicted octanol–water partition coefficient (Wildman–Crippen LogP) is 1.76. The molecule has 1 aromatic carbocycles. The zero-order valence-electron chi connectivity index (χ0n) is 14.3. The van der Waals surface area contributed by atoms with Gasteiger partial charge in [0.2, 0.25) is 15.7 Å². The van der Waals surface area contributed by atoms with E-state index < -0.39 is 21.1 Å². The van der Waals surface area contributed by atoms with Crippen molar-refractivity contribution in [2.75, 3.05) is 12.9 Å². The number of sulfone groups is 1. The van der Waals surface area contributed by atoms with Crippen LogP contribution in [0, 0.1) is 5.92 Å². The number of amides is 1. The third kappa shape index (κ3) is 5.86. The third-order valence-electron chi connectivity index (χ3n) is 3.19. The van der Waals surface area contributed by atoms with E-state index in [1.54, 1.807) is 24.3 Å². The van der Waals surface area contributed by atoms with Gasteiger partial charge in [-0.2, -0.15) is 0 Å². The molecular formula is C16H21N3O5S. The predicted molar refractivity (Wildman–Crippen MR) is 89.7 cm³/mol. The van der Waals surface area contributed by atoms with E-state index in [-0.39, 0.29) is 24.3 Å². The van der Waals surface area contributed by atoms with E-state index in [1.807, 2.05) is 19.9 Å². The zero-order valence-corrected chi connectivity index (χ0v) is 15.1. The number of benzene rings is 1. The number of carbonyl (C=O) groups excluding carboxylic acids is 1. The van der Waals surface area contributed by atoms with E-state index in [0.717, 1.165) is 6.26 Å².